The number of benzene rings is 1. The summed E-state index contributed by atoms with van der Waals surface area (Å²) in [4.78, 5) is 10.7. The predicted molar refractivity (Wildman–Crippen MR) is 64.7 cm³/mol. The van der Waals surface area contributed by atoms with Crippen LogP contribution in [0.15, 0.2) is 24.3 Å². The highest BCUT2D eigenvalue weighted by atomic mass is 19.1. The van der Waals surface area contributed by atoms with Crippen LogP contribution in [0.1, 0.15) is 11.4 Å². The van der Waals surface area contributed by atoms with Crippen LogP contribution in [0.25, 0.3) is 11.1 Å². The van der Waals surface area contributed by atoms with E-state index in [0.29, 0.717) is 0 Å². The lowest BCUT2D eigenvalue weighted by atomic mass is 10.0. The number of hydrogen-bond donors (Lipinski definition) is 1. The summed E-state index contributed by atoms with van der Waals surface area (Å²) >= 11 is 0. The lowest BCUT2D eigenvalue weighted by Gasteiger charge is -2.03. The molecule has 4 nitrogen and oxygen atoms in total. The molecule has 0 amide bonds. The van der Waals surface area contributed by atoms with E-state index >= 15 is 0 Å². The van der Waals surface area contributed by atoms with Crippen molar-refractivity contribution >= 4 is 5.97 Å². The molecule has 2 rings (SSSR count). The van der Waals surface area contributed by atoms with E-state index in [-0.39, 0.29) is 12.4 Å². The second-order valence-corrected chi connectivity index (χ2v) is 4.10. The summed E-state index contributed by atoms with van der Waals surface area (Å²) in [7, 11) is 0. The number of carbonyl (C=O) groups is 1. The van der Waals surface area contributed by atoms with Crippen molar-refractivity contribution < 1.29 is 14.3 Å². The minimum absolute atomic E-state index is 0.173. The number of aryl methyl sites for hydroxylation is 1. The highest BCUT2D eigenvalue weighted by Gasteiger charge is 2.14. The van der Waals surface area contributed by atoms with Crippen LogP contribution < -0.4 is 0 Å². The summed E-state index contributed by atoms with van der Waals surface area (Å²) in [5.41, 5.74) is 3.20. The fourth-order valence-electron chi connectivity index (χ4n) is 2.01. The van der Waals surface area contributed by atoms with Gasteiger partial charge in [-0.25, -0.2) is 4.39 Å². The highest BCUT2D eigenvalue weighted by Crippen LogP contribution is 2.26. The standard InChI is InChI=1S/C13H13FN2O2/c1-8-13(10-3-5-11(14)6-4-10)9(2)16(15-8)7-12(17)18/h3-6H,7H2,1-2H3,(H,17,18). The Morgan fingerprint density at radius 2 is 1.94 bits per heavy atom. The van der Waals surface area contributed by atoms with Crippen LogP contribution in [0.4, 0.5) is 4.39 Å². The minimum atomic E-state index is -0.939. The van der Waals surface area contributed by atoms with Crippen molar-refractivity contribution in [2.24, 2.45) is 0 Å². The predicted octanol–water partition coefficient (Wildman–Crippen LogP) is 2.39. The molecule has 0 saturated heterocycles. The van der Waals surface area contributed by atoms with Crippen molar-refractivity contribution in [2.75, 3.05) is 0 Å². The Morgan fingerprint density at radius 1 is 1.33 bits per heavy atom. The van der Waals surface area contributed by atoms with Gasteiger partial charge in [0.1, 0.15) is 12.4 Å². The summed E-state index contributed by atoms with van der Waals surface area (Å²) in [5, 5.41) is 13.0. The quantitative estimate of drug-likeness (QED) is 0.907. The van der Waals surface area contributed by atoms with Crippen LogP contribution in [-0.2, 0) is 11.3 Å². The van der Waals surface area contributed by atoms with Gasteiger partial charge >= 0.3 is 5.97 Å². The largest absolute Gasteiger partial charge is 0.480 e. The van der Waals surface area contributed by atoms with Gasteiger partial charge in [0.25, 0.3) is 0 Å². The first kappa shape index (κ1) is 12.3. The summed E-state index contributed by atoms with van der Waals surface area (Å²) in [6.45, 7) is 3.44. The van der Waals surface area contributed by atoms with E-state index in [1.807, 2.05) is 13.8 Å². The number of halogens is 1. The first-order valence-corrected chi connectivity index (χ1v) is 5.51. The summed E-state index contributed by atoms with van der Waals surface area (Å²) in [6, 6.07) is 6.08. The molecule has 1 aromatic heterocycles. The first-order valence-electron chi connectivity index (χ1n) is 5.51. The van der Waals surface area contributed by atoms with Gasteiger partial charge < -0.3 is 5.11 Å². The zero-order chi connectivity index (χ0) is 13.3. The SMILES string of the molecule is Cc1nn(CC(=O)O)c(C)c1-c1ccc(F)cc1. The molecule has 5 heteroatoms. The topological polar surface area (TPSA) is 55.1 Å². The van der Waals surface area contributed by atoms with Crippen molar-refractivity contribution in [3.8, 4) is 11.1 Å². The molecule has 1 heterocycles. The Bertz CT molecular complexity index is 588. The number of nitrogens with zero attached hydrogens (tertiary/aromatic N) is 2. The molecule has 94 valence electrons. The van der Waals surface area contributed by atoms with Gasteiger partial charge in [0, 0.05) is 11.3 Å². The van der Waals surface area contributed by atoms with Gasteiger partial charge in [-0.1, -0.05) is 12.1 Å². The Kier molecular flexibility index (Phi) is 3.14. The van der Waals surface area contributed by atoms with Crippen molar-refractivity contribution in [3.05, 3.63) is 41.5 Å². The van der Waals surface area contributed by atoms with Crippen molar-refractivity contribution in [1.29, 1.82) is 0 Å². The van der Waals surface area contributed by atoms with Gasteiger partial charge in [0.05, 0.1) is 5.69 Å². The molecular formula is C13H13FN2O2. The molecule has 18 heavy (non-hydrogen) atoms. The third kappa shape index (κ3) is 2.25. The lowest BCUT2D eigenvalue weighted by Crippen LogP contribution is -2.11. The smallest absolute Gasteiger partial charge is 0.325 e. The number of hydrogen-bond acceptors (Lipinski definition) is 2. The monoisotopic (exact) mass is 248 g/mol. The van der Waals surface area contributed by atoms with Crippen LogP contribution in [0.3, 0.4) is 0 Å². The van der Waals surface area contributed by atoms with Gasteiger partial charge in [0.2, 0.25) is 0 Å². The Balaban J connectivity index is 2.48. The van der Waals surface area contributed by atoms with Crippen molar-refractivity contribution in [3.63, 3.8) is 0 Å². The number of rotatable bonds is 3. The molecule has 0 fully saturated rings. The Labute approximate surface area is 104 Å². The van der Waals surface area contributed by atoms with Gasteiger partial charge in [-0.2, -0.15) is 5.10 Å². The summed E-state index contributed by atoms with van der Waals surface area (Å²) in [5.74, 6) is -1.24. The van der Waals surface area contributed by atoms with Crippen LogP contribution >= 0.6 is 0 Å². The molecule has 0 atom stereocenters. The van der Waals surface area contributed by atoms with E-state index in [4.69, 9.17) is 5.11 Å². The third-order valence-corrected chi connectivity index (χ3v) is 2.80. The van der Waals surface area contributed by atoms with E-state index in [9.17, 15) is 9.18 Å². The molecule has 0 bridgehead atoms. The average Bonchev–Trinajstić information content (AvgIpc) is 2.55. The van der Waals surface area contributed by atoms with Crippen molar-refractivity contribution in [1.82, 2.24) is 9.78 Å². The molecular weight excluding hydrogens is 235 g/mol. The average molecular weight is 248 g/mol. The Hall–Kier alpha value is -2.17. The molecule has 0 spiro atoms. The summed E-state index contributed by atoms with van der Waals surface area (Å²) in [6.07, 6.45) is 0. The van der Waals surface area contributed by atoms with Crippen LogP contribution in [0, 0.1) is 19.7 Å². The fraction of sp³-hybridized carbons (Fsp3) is 0.231. The van der Waals surface area contributed by atoms with Gasteiger partial charge in [-0.3, -0.25) is 9.48 Å². The minimum Gasteiger partial charge on any atom is -0.480 e. The molecule has 0 aliphatic carbocycles. The second-order valence-electron chi connectivity index (χ2n) is 4.10. The normalized spacial score (nSPS) is 10.6. The summed E-state index contributed by atoms with van der Waals surface area (Å²) < 4.78 is 14.3. The van der Waals surface area contributed by atoms with Gasteiger partial charge in [0.15, 0.2) is 0 Å². The zero-order valence-corrected chi connectivity index (χ0v) is 10.1. The zero-order valence-electron chi connectivity index (χ0n) is 10.1. The number of aliphatic carboxylic acids is 1. The lowest BCUT2D eigenvalue weighted by molar-refractivity contribution is -0.137. The van der Waals surface area contributed by atoms with Gasteiger partial charge in [-0.15, -0.1) is 0 Å². The van der Waals surface area contributed by atoms with Crippen molar-refractivity contribution in [2.45, 2.75) is 20.4 Å². The number of aromatic nitrogens is 2. The van der Waals surface area contributed by atoms with Crippen LogP contribution in [0.5, 0.6) is 0 Å². The van der Waals surface area contributed by atoms with E-state index in [0.717, 1.165) is 22.5 Å². The van der Waals surface area contributed by atoms with E-state index in [1.165, 1.54) is 16.8 Å². The van der Waals surface area contributed by atoms with E-state index in [1.54, 1.807) is 12.1 Å². The maximum Gasteiger partial charge on any atom is 0.325 e. The van der Waals surface area contributed by atoms with E-state index < -0.39 is 5.97 Å². The van der Waals surface area contributed by atoms with Gasteiger partial charge in [-0.05, 0) is 31.5 Å². The first-order chi connectivity index (χ1) is 8.49. The number of carboxylic acid groups (broad SMARTS) is 1. The number of carboxylic acids is 1. The molecule has 2 aromatic rings. The highest BCUT2D eigenvalue weighted by molar-refractivity contribution is 5.70. The second kappa shape index (κ2) is 4.60. The molecule has 0 aliphatic rings. The molecule has 0 aliphatic heterocycles. The Morgan fingerprint density at radius 3 is 2.50 bits per heavy atom. The third-order valence-electron chi connectivity index (χ3n) is 2.80. The molecule has 0 radical (unpaired) electrons. The molecule has 1 N–H and O–H groups in total. The molecule has 1 aromatic carbocycles. The van der Waals surface area contributed by atoms with E-state index in [2.05, 4.69) is 5.10 Å². The fourth-order valence-corrected chi connectivity index (χ4v) is 2.01. The van der Waals surface area contributed by atoms with Crippen LogP contribution in [-0.4, -0.2) is 20.9 Å². The molecule has 0 saturated carbocycles. The maximum atomic E-state index is 12.9. The molecule has 0 unspecified atom stereocenters. The van der Waals surface area contributed by atoms with Crippen LogP contribution in [0.2, 0.25) is 0 Å². The maximum absolute atomic E-state index is 12.9.